The summed E-state index contributed by atoms with van der Waals surface area (Å²) in [6.45, 7) is 2.25. The van der Waals surface area contributed by atoms with E-state index in [0.717, 1.165) is 31.2 Å². The minimum Gasteiger partial charge on any atom is -0.338 e. The minimum atomic E-state index is -0.230. The predicted octanol–water partition coefficient (Wildman–Crippen LogP) is 3.38. The molecule has 1 aliphatic rings. The third-order valence-corrected chi connectivity index (χ3v) is 4.25. The van der Waals surface area contributed by atoms with Crippen molar-refractivity contribution in [3.8, 4) is 11.4 Å². The second-order valence-electron chi connectivity index (χ2n) is 5.58. The highest BCUT2D eigenvalue weighted by molar-refractivity contribution is 5.85. The summed E-state index contributed by atoms with van der Waals surface area (Å²) in [6.07, 6.45) is 4.27. The van der Waals surface area contributed by atoms with Gasteiger partial charge in [-0.15, -0.1) is 12.4 Å². The maximum atomic E-state index is 13.3. The Balaban J connectivity index is 0.00000161. The van der Waals surface area contributed by atoms with Gasteiger partial charge >= 0.3 is 0 Å². The Labute approximate surface area is 129 Å². The number of halogens is 2. The van der Waals surface area contributed by atoms with Crippen LogP contribution in [-0.2, 0) is 5.41 Å². The lowest BCUT2D eigenvalue weighted by Crippen LogP contribution is -2.32. The van der Waals surface area contributed by atoms with Crippen LogP contribution in [0.2, 0.25) is 0 Å². The summed E-state index contributed by atoms with van der Waals surface area (Å²) in [6, 6.07) is 4.82. The molecule has 114 valence electrons. The summed E-state index contributed by atoms with van der Waals surface area (Å²) in [7, 11) is 0. The van der Waals surface area contributed by atoms with E-state index in [1.54, 1.807) is 19.1 Å². The Hall–Kier alpha value is -1.46. The first-order valence-electron chi connectivity index (χ1n) is 6.95. The molecule has 0 bridgehead atoms. The van der Waals surface area contributed by atoms with Gasteiger partial charge in [0.2, 0.25) is 11.7 Å². The molecule has 0 saturated heterocycles. The normalized spacial score (nSPS) is 16.7. The van der Waals surface area contributed by atoms with Crippen LogP contribution in [0, 0.1) is 12.7 Å². The fraction of sp³-hybridized carbons (Fsp3) is 0.467. The summed E-state index contributed by atoms with van der Waals surface area (Å²) in [4.78, 5) is 4.50. The number of hydrogen-bond acceptors (Lipinski definition) is 4. The van der Waals surface area contributed by atoms with Crippen LogP contribution in [0.1, 0.15) is 37.1 Å². The Kier molecular flexibility index (Phi) is 4.64. The van der Waals surface area contributed by atoms with Gasteiger partial charge in [-0.25, -0.2) is 4.39 Å². The maximum absolute atomic E-state index is 13.3. The Morgan fingerprint density at radius 3 is 2.67 bits per heavy atom. The zero-order chi connectivity index (χ0) is 14.2. The third kappa shape index (κ3) is 2.80. The van der Waals surface area contributed by atoms with Crippen molar-refractivity contribution in [3.05, 3.63) is 35.5 Å². The largest absolute Gasteiger partial charge is 0.338 e. The van der Waals surface area contributed by atoms with E-state index in [2.05, 4.69) is 10.1 Å². The van der Waals surface area contributed by atoms with Crippen molar-refractivity contribution in [1.82, 2.24) is 10.1 Å². The molecule has 1 heterocycles. The molecule has 0 unspecified atom stereocenters. The zero-order valence-corrected chi connectivity index (χ0v) is 12.8. The highest BCUT2D eigenvalue weighted by atomic mass is 35.5. The molecular weight excluding hydrogens is 293 g/mol. The predicted molar refractivity (Wildman–Crippen MR) is 80.9 cm³/mol. The lowest BCUT2D eigenvalue weighted by Gasteiger charge is -2.21. The van der Waals surface area contributed by atoms with Gasteiger partial charge in [-0.1, -0.05) is 18.0 Å². The number of hydrogen-bond donors (Lipinski definition) is 1. The van der Waals surface area contributed by atoms with Crippen LogP contribution in [0.3, 0.4) is 0 Å². The summed E-state index contributed by atoms with van der Waals surface area (Å²) >= 11 is 0. The van der Waals surface area contributed by atoms with Crippen LogP contribution < -0.4 is 5.73 Å². The first kappa shape index (κ1) is 15.9. The molecule has 1 fully saturated rings. The van der Waals surface area contributed by atoms with Crippen molar-refractivity contribution in [3.63, 3.8) is 0 Å². The molecule has 6 heteroatoms. The molecule has 1 aromatic carbocycles. The van der Waals surface area contributed by atoms with Crippen molar-refractivity contribution in [2.75, 3.05) is 6.54 Å². The van der Waals surface area contributed by atoms with Gasteiger partial charge in [-0.05, 0) is 43.5 Å². The van der Waals surface area contributed by atoms with Gasteiger partial charge < -0.3 is 10.3 Å². The number of aromatic nitrogens is 2. The van der Waals surface area contributed by atoms with Gasteiger partial charge in [0.1, 0.15) is 5.82 Å². The first-order chi connectivity index (χ1) is 9.64. The van der Waals surface area contributed by atoms with Crippen LogP contribution in [0.25, 0.3) is 11.4 Å². The van der Waals surface area contributed by atoms with Gasteiger partial charge in [0.15, 0.2) is 0 Å². The van der Waals surface area contributed by atoms with E-state index in [4.69, 9.17) is 10.3 Å². The maximum Gasteiger partial charge on any atom is 0.234 e. The molecule has 0 radical (unpaired) electrons. The number of rotatable bonds is 3. The molecule has 0 aliphatic heterocycles. The average molecular weight is 312 g/mol. The standard InChI is InChI=1S/C15H18FN3O.ClH/c1-10-8-11(4-5-12(10)16)13-18-14(20-19-13)15(9-17)6-2-3-7-15;/h4-5,8H,2-3,6-7,9,17H2,1H3;1H. The van der Waals surface area contributed by atoms with Crippen molar-refractivity contribution in [2.45, 2.75) is 38.0 Å². The van der Waals surface area contributed by atoms with Crippen LogP contribution in [0.15, 0.2) is 22.7 Å². The molecule has 0 amide bonds. The number of aryl methyl sites for hydroxylation is 1. The SMILES string of the molecule is Cc1cc(-c2noc(C3(CN)CCCC3)n2)ccc1F.Cl. The Bertz CT molecular complexity index is 623. The van der Waals surface area contributed by atoms with Gasteiger partial charge in [0.25, 0.3) is 0 Å². The van der Waals surface area contributed by atoms with E-state index in [1.165, 1.54) is 6.07 Å². The molecule has 1 aromatic heterocycles. The Morgan fingerprint density at radius 1 is 1.33 bits per heavy atom. The number of nitrogens with two attached hydrogens (primary N) is 1. The quantitative estimate of drug-likeness (QED) is 0.943. The fourth-order valence-electron chi connectivity index (χ4n) is 2.90. The summed E-state index contributed by atoms with van der Waals surface area (Å²) in [5.74, 6) is 0.893. The first-order valence-corrected chi connectivity index (χ1v) is 6.95. The number of nitrogens with zero attached hydrogens (tertiary/aromatic N) is 2. The minimum absolute atomic E-state index is 0. The topological polar surface area (TPSA) is 64.9 Å². The van der Waals surface area contributed by atoms with Crippen molar-refractivity contribution in [1.29, 1.82) is 0 Å². The van der Waals surface area contributed by atoms with E-state index >= 15 is 0 Å². The summed E-state index contributed by atoms with van der Waals surface area (Å²) < 4.78 is 18.7. The van der Waals surface area contributed by atoms with Crippen LogP contribution in [0.4, 0.5) is 4.39 Å². The van der Waals surface area contributed by atoms with E-state index < -0.39 is 0 Å². The molecule has 0 atom stereocenters. The lowest BCUT2D eigenvalue weighted by atomic mass is 9.86. The van der Waals surface area contributed by atoms with Crippen LogP contribution in [-0.4, -0.2) is 16.7 Å². The number of benzene rings is 1. The highest BCUT2D eigenvalue weighted by Crippen LogP contribution is 2.39. The molecular formula is C15H19ClFN3O. The van der Waals surface area contributed by atoms with Crippen molar-refractivity contribution in [2.24, 2.45) is 5.73 Å². The van der Waals surface area contributed by atoms with E-state index in [-0.39, 0.29) is 23.6 Å². The second-order valence-corrected chi connectivity index (χ2v) is 5.58. The van der Waals surface area contributed by atoms with E-state index in [9.17, 15) is 4.39 Å². The van der Waals surface area contributed by atoms with Crippen LogP contribution in [0.5, 0.6) is 0 Å². The molecule has 2 aromatic rings. The van der Waals surface area contributed by atoms with Crippen LogP contribution >= 0.6 is 12.4 Å². The molecule has 1 aliphatic carbocycles. The molecule has 3 rings (SSSR count). The summed E-state index contributed by atoms with van der Waals surface area (Å²) in [5.41, 5.74) is 7.09. The fourth-order valence-corrected chi connectivity index (χ4v) is 2.90. The molecule has 2 N–H and O–H groups in total. The van der Waals surface area contributed by atoms with Gasteiger partial charge in [0.05, 0.1) is 5.41 Å². The van der Waals surface area contributed by atoms with E-state index in [1.807, 2.05) is 0 Å². The Morgan fingerprint density at radius 2 is 2.05 bits per heavy atom. The van der Waals surface area contributed by atoms with Crippen molar-refractivity contribution < 1.29 is 8.91 Å². The molecule has 21 heavy (non-hydrogen) atoms. The molecule has 0 spiro atoms. The third-order valence-electron chi connectivity index (χ3n) is 4.25. The van der Waals surface area contributed by atoms with Gasteiger partial charge in [-0.2, -0.15) is 4.98 Å². The van der Waals surface area contributed by atoms with Crippen molar-refractivity contribution >= 4 is 12.4 Å². The smallest absolute Gasteiger partial charge is 0.234 e. The van der Waals surface area contributed by atoms with Gasteiger partial charge in [0, 0.05) is 12.1 Å². The monoisotopic (exact) mass is 311 g/mol. The molecule has 4 nitrogen and oxygen atoms in total. The zero-order valence-electron chi connectivity index (χ0n) is 11.9. The lowest BCUT2D eigenvalue weighted by molar-refractivity contribution is 0.284. The molecule has 1 saturated carbocycles. The summed E-state index contributed by atoms with van der Waals surface area (Å²) in [5, 5.41) is 4.03. The second kappa shape index (κ2) is 6.12. The average Bonchev–Trinajstić information content (AvgIpc) is 3.10. The highest BCUT2D eigenvalue weighted by Gasteiger charge is 2.39. The van der Waals surface area contributed by atoms with E-state index in [0.29, 0.717) is 23.8 Å². The van der Waals surface area contributed by atoms with Gasteiger partial charge in [-0.3, -0.25) is 0 Å².